The van der Waals surface area contributed by atoms with Gasteiger partial charge in [-0.1, -0.05) is 36.4 Å². The number of thioether (sulfide) groups is 1. The normalized spacial score (nSPS) is 16.2. The minimum Gasteiger partial charge on any atom is -0.303 e. The number of pyridine rings is 1. The van der Waals surface area contributed by atoms with Crippen LogP contribution < -0.4 is 0 Å². The summed E-state index contributed by atoms with van der Waals surface area (Å²) in [7, 11) is 0. The summed E-state index contributed by atoms with van der Waals surface area (Å²) in [6.07, 6.45) is 4.09. The first kappa shape index (κ1) is 15.9. The molecule has 0 unspecified atom stereocenters. The maximum absolute atomic E-state index is 4.47. The molecule has 4 rings (SSSR count). The van der Waals surface area contributed by atoms with Gasteiger partial charge in [-0.15, -0.1) is 10.2 Å². The minimum atomic E-state index is 0.953. The van der Waals surface area contributed by atoms with Gasteiger partial charge in [-0.25, -0.2) is 0 Å². The van der Waals surface area contributed by atoms with E-state index in [1.54, 1.807) is 0 Å². The third-order valence-electron chi connectivity index (χ3n) is 4.98. The van der Waals surface area contributed by atoms with Crippen molar-refractivity contribution >= 4 is 28.3 Å². The van der Waals surface area contributed by atoms with Crippen LogP contribution in [0.4, 0.5) is 0 Å². The van der Waals surface area contributed by atoms with Crippen LogP contribution in [0.25, 0.3) is 16.6 Å². The number of hydrogen-bond donors (Lipinski definition) is 0. The van der Waals surface area contributed by atoms with Crippen LogP contribution in [0.2, 0.25) is 0 Å². The van der Waals surface area contributed by atoms with Crippen molar-refractivity contribution in [1.82, 2.24) is 19.5 Å². The van der Waals surface area contributed by atoms with Crippen molar-refractivity contribution in [3.8, 4) is 0 Å². The van der Waals surface area contributed by atoms with E-state index in [2.05, 4.69) is 57.6 Å². The Morgan fingerprint density at radius 1 is 1.04 bits per heavy atom. The van der Waals surface area contributed by atoms with Crippen molar-refractivity contribution in [2.45, 2.75) is 38.3 Å². The van der Waals surface area contributed by atoms with Gasteiger partial charge in [0.25, 0.3) is 0 Å². The van der Waals surface area contributed by atoms with Crippen molar-refractivity contribution in [2.75, 3.05) is 25.4 Å². The number of rotatable bonds is 4. The summed E-state index contributed by atoms with van der Waals surface area (Å²) in [6.45, 7) is 7.97. The van der Waals surface area contributed by atoms with E-state index in [1.165, 1.54) is 54.4 Å². The minimum absolute atomic E-state index is 0.953. The highest BCUT2D eigenvalue weighted by molar-refractivity contribution is 7.99. The average molecular weight is 340 g/mol. The van der Waals surface area contributed by atoms with Crippen molar-refractivity contribution in [2.24, 2.45) is 0 Å². The molecule has 0 spiro atoms. The molecule has 1 aliphatic heterocycles. The van der Waals surface area contributed by atoms with E-state index < -0.39 is 0 Å². The second-order valence-electron chi connectivity index (χ2n) is 6.73. The molecule has 0 saturated carbocycles. The number of nitrogens with zero attached hydrogens (tertiary/aromatic N) is 4. The van der Waals surface area contributed by atoms with Crippen LogP contribution in [0.15, 0.2) is 29.4 Å². The Labute approximate surface area is 147 Å². The number of benzene rings is 1. The fourth-order valence-corrected chi connectivity index (χ4v) is 4.62. The molecule has 3 aromatic rings. The quantitative estimate of drug-likeness (QED) is 0.670. The fraction of sp³-hybridized carbons (Fsp3) is 0.474. The van der Waals surface area contributed by atoms with Crippen LogP contribution in [0.5, 0.6) is 0 Å². The smallest absolute Gasteiger partial charge is 0.196 e. The van der Waals surface area contributed by atoms with Crippen LogP contribution >= 0.6 is 11.8 Å². The monoisotopic (exact) mass is 340 g/mol. The zero-order valence-corrected chi connectivity index (χ0v) is 15.3. The number of aryl methyl sites for hydroxylation is 2. The molecule has 126 valence electrons. The summed E-state index contributed by atoms with van der Waals surface area (Å²) in [5, 5.41) is 11.2. The van der Waals surface area contributed by atoms with E-state index in [-0.39, 0.29) is 0 Å². The predicted octanol–water partition coefficient (Wildman–Crippen LogP) is 4.08. The van der Waals surface area contributed by atoms with Gasteiger partial charge in [0, 0.05) is 17.7 Å². The molecule has 2 aromatic heterocycles. The SMILES string of the molecule is Cc1cc2nnc(SCCN3CCCCC3)n2c2c(C)cccc12. The molecule has 5 heteroatoms. The third kappa shape index (κ3) is 2.91. The standard InChI is InChI=1S/C19H24N4S/c1-14-7-6-8-16-15(2)13-17-20-21-19(23(17)18(14)16)24-12-11-22-9-4-3-5-10-22/h6-8,13H,3-5,9-12H2,1-2H3. The molecule has 0 bridgehead atoms. The molecular formula is C19H24N4S. The van der Waals surface area contributed by atoms with Gasteiger partial charge in [0.05, 0.1) is 5.52 Å². The molecule has 1 fully saturated rings. The van der Waals surface area contributed by atoms with Gasteiger partial charge in [-0.05, 0) is 57.0 Å². The second kappa shape index (κ2) is 6.73. The molecule has 0 N–H and O–H groups in total. The van der Waals surface area contributed by atoms with E-state index >= 15 is 0 Å². The average Bonchev–Trinajstić information content (AvgIpc) is 2.99. The van der Waals surface area contributed by atoms with E-state index in [1.807, 2.05) is 11.8 Å². The molecule has 24 heavy (non-hydrogen) atoms. The highest BCUT2D eigenvalue weighted by atomic mass is 32.2. The van der Waals surface area contributed by atoms with Gasteiger partial charge < -0.3 is 4.90 Å². The number of fused-ring (bicyclic) bond motifs is 3. The molecule has 1 aliphatic rings. The number of piperidine rings is 1. The van der Waals surface area contributed by atoms with Gasteiger partial charge >= 0.3 is 0 Å². The fourth-order valence-electron chi connectivity index (χ4n) is 3.67. The van der Waals surface area contributed by atoms with Crippen molar-refractivity contribution in [3.05, 3.63) is 35.4 Å². The zero-order chi connectivity index (χ0) is 16.5. The van der Waals surface area contributed by atoms with Crippen LogP contribution in [0, 0.1) is 13.8 Å². The topological polar surface area (TPSA) is 33.4 Å². The lowest BCUT2D eigenvalue weighted by molar-refractivity contribution is 0.242. The lowest BCUT2D eigenvalue weighted by atomic mass is 10.1. The maximum atomic E-state index is 4.47. The van der Waals surface area contributed by atoms with Crippen LogP contribution in [0.1, 0.15) is 30.4 Å². The van der Waals surface area contributed by atoms with E-state index in [9.17, 15) is 0 Å². The Balaban J connectivity index is 1.64. The summed E-state index contributed by atoms with van der Waals surface area (Å²) in [5.74, 6) is 1.07. The Kier molecular flexibility index (Phi) is 4.46. The lowest BCUT2D eigenvalue weighted by Crippen LogP contribution is -2.31. The number of hydrogen-bond acceptors (Lipinski definition) is 4. The first-order chi connectivity index (χ1) is 11.7. The molecule has 0 atom stereocenters. The Bertz CT molecular complexity index is 865. The maximum Gasteiger partial charge on any atom is 0.196 e. The molecule has 0 aliphatic carbocycles. The first-order valence-corrected chi connectivity index (χ1v) is 9.82. The molecule has 1 saturated heterocycles. The predicted molar refractivity (Wildman–Crippen MR) is 101 cm³/mol. The summed E-state index contributed by atoms with van der Waals surface area (Å²) in [5.41, 5.74) is 4.74. The molecule has 0 radical (unpaired) electrons. The van der Waals surface area contributed by atoms with E-state index in [0.29, 0.717) is 0 Å². The van der Waals surface area contributed by atoms with Gasteiger partial charge in [0.15, 0.2) is 10.8 Å². The number of likely N-dealkylation sites (tertiary alicyclic amines) is 1. The van der Waals surface area contributed by atoms with Crippen LogP contribution in [0.3, 0.4) is 0 Å². The molecule has 0 amide bonds. The largest absolute Gasteiger partial charge is 0.303 e. The summed E-state index contributed by atoms with van der Waals surface area (Å²) in [6, 6.07) is 8.64. The molecule has 3 heterocycles. The molecule has 4 nitrogen and oxygen atoms in total. The van der Waals surface area contributed by atoms with E-state index in [0.717, 1.165) is 23.1 Å². The Hall–Kier alpha value is -1.59. The second-order valence-corrected chi connectivity index (χ2v) is 7.79. The highest BCUT2D eigenvalue weighted by Gasteiger charge is 2.14. The summed E-state index contributed by atoms with van der Waals surface area (Å²) < 4.78 is 2.23. The lowest BCUT2D eigenvalue weighted by Gasteiger charge is -2.25. The number of para-hydroxylation sites is 1. The van der Waals surface area contributed by atoms with Gasteiger partial charge in [-0.2, -0.15) is 0 Å². The Morgan fingerprint density at radius 3 is 2.71 bits per heavy atom. The highest BCUT2D eigenvalue weighted by Crippen LogP contribution is 2.28. The van der Waals surface area contributed by atoms with E-state index in [4.69, 9.17) is 0 Å². The zero-order valence-electron chi connectivity index (χ0n) is 14.5. The first-order valence-electron chi connectivity index (χ1n) is 8.83. The molecular weight excluding hydrogens is 316 g/mol. The molecule has 1 aromatic carbocycles. The Morgan fingerprint density at radius 2 is 1.88 bits per heavy atom. The van der Waals surface area contributed by atoms with Crippen LogP contribution in [-0.2, 0) is 0 Å². The van der Waals surface area contributed by atoms with Crippen molar-refractivity contribution in [3.63, 3.8) is 0 Å². The summed E-state index contributed by atoms with van der Waals surface area (Å²) >= 11 is 1.83. The van der Waals surface area contributed by atoms with Crippen molar-refractivity contribution < 1.29 is 0 Å². The van der Waals surface area contributed by atoms with Gasteiger partial charge in [-0.3, -0.25) is 4.40 Å². The van der Waals surface area contributed by atoms with Crippen molar-refractivity contribution in [1.29, 1.82) is 0 Å². The van der Waals surface area contributed by atoms with Gasteiger partial charge in [0.2, 0.25) is 0 Å². The summed E-state index contributed by atoms with van der Waals surface area (Å²) in [4.78, 5) is 2.58. The third-order valence-corrected chi connectivity index (χ3v) is 5.89. The van der Waals surface area contributed by atoms with Gasteiger partial charge in [0.1, 0.15) is 0 Å². The van der Waals surface area contributed by atoms with Crippen LogP contribution in [-0.4, -0.2) is 44.9 Å². The number of aromatic nitrogens is 3.